The van der Waals surface area contributed by atoms with Crippen LogP contribution in [0.3, 0.4) is 0 Å². The van der Waals surface area contributed by atoms with Crippen LogP contribution in [-0.4, -0.2) is 24.5 Å². The first-order valence-corrected chi connectivity index (χ1v) is 9.04. The van der Waals surface area contributed by atoms with Gasteiger partial charge in [-0.05, 0) is 31.2 Å². The van der Waals surface area contributed by atoms with Gasteiger partial charge in [0.05, 0.1) is 0 Å². The van der Waals surface area contributed by atoms with Crippen molar-refractivity contribution in [3.8, 4) is 0 Å². The van der Waals surface area contributed by atoms with Gasteiger partial charge in [-0.3, -0.25) is 14.4 Å². The molecule has 4 nitrogen and oxygen atoms in total. The highest BCUT2D eigenvalue weighted by Crippen LogP contribution is 2.26. The van der Waals surface area contributed by atoms with Gasteiger partial charge in [-0.25, -0.2) is 0 Å². The molecular weight excluding hydrogens is 314 g/mol. The third-order valence-corrected chi connectivity index (χ3v) is 4.75. The lowest BCUT2D eigenvalue weighted by Gasteiger charge is -2.25. The lowest BCUT2D eigenvalue weighted by molar-refractivity contribution is -0.135. The summed E-state index contributed by atoms with van der Waals surface area (Å²) >= 11 is 0. The zero-order chi connectivity index (χ0) is 19.0. The van der Waals surface area contributed by atoms with E-state index in [0.717, 1.165) is 5.56 Å². The average Bonchev–Trinajstić information content (AvgIpc) is 2.58. The molecule has 1 aromatic rings. The smallest absolute Gasteiger partial charge is 0.223 e. The number of carbonyl (C=O) groups excluding carboxylic acids is 3. The zero-order valence-corrected chi connectivity index (χ0v) is 16.0. The first kappa shape index (κ1) is 21.1. The maximum atomic E-state index is 12.9. The highest BCUT2D eigenvalue weighted by molar-refractivity contribution is 5.91. The minimum absolute atomic E-state index is 0.0148. The lowest BCUT2D eigenvalue weighted by atomic mass is 9.78. The van der Waals surface area contributed by atoms with Crippen molar-refractivity contribution in [3.63, 3.8) is 0 Å². The van der Waals surface area contributed by atoms with Gasteiger partial charge in [0.15, 0.2) is 0 Å². The zero-order valence-electron chi connectivity index (χ0n) is 16.0. The summed E-state index contributed by atoms with van der Waals surface area (Å²) in [5.41, 5.74) is 1.05. The Morgan fingerprint density at radius 3 is 2.12 bits per heavy atom. The Labute approximate surface area is 151 Å². The lowest BCUT2D eigenvalue weighted by Crippen LogP contribution is -2.36. The molecule has 138 valence electrons. The summed E-state index contributed by atoms with van der Waals surface area (Å²) in [5.74, 6) is -0.843. The van der Waals surface area contributed by atoms with Crippen LogP contribution >= 0.6 is 0 Å². The second-order valence-electron chi connectivity index (χ2n) is 7.31. The van der Waals surface area contributed by atoms with E-state index in [-0.39, 0.29) is 41.6 Å². The van der Waals surface area contributed by atoms with Gasteiger partial charge in [0.2, 0.25) is 5.91 Å². The largest absolute Gasteiger partial charge is 0.359 e. The van der Waals surface area contributed by atoms with Crippen molar-refractivity contribution in [2.24, 2.45) is 23.7 Å². The van der Waals surface area contributed by atoms with E-state index in [1.807, 2.05) is 44.2 Å². The highest BCUT2D eigenvalue weighted by atomic mass is 16.2. The van der Waals surface area contributed by atoms with E-state index >= 15 is 0 Å². The average molecular weight is 345 g/mol. The summed E-state index contributed by atoms with van der Waals surface area (Å²) in [5, 5.41) is 2.63. The molecule has 0 spiro atoms. The SMILES string of the molecule is CNC(=O)[C@@H](C)[C@@H](CC(C)C)C(=O)C[C@@H](Cc1ccccc1)C(C)=O. The number of hydrogen-bond acceptors (Lipinski definition) is 3. The molecule has 25 heavy (non-hydrogen) atoms. The van der Waals surface area contributed by atoms with Gasteiger partial charge in [-0.1, -0.05) is 51.1 Å². The van der Waals surface area contributed by atoms with Crippen LogP contribution in [0.2, 0.25) is 0 Å². The number of nitrogens with one attached hydrogen (secondary N) is 1. The molecule has 0 aromatic heterocycles. The number of amides is 1. The van der Waals surface area contributed by atoms with E-state index < -0.39 is 0 Å². The molecule has 0 saturated carbocycles. The molecular formula is C21H31NO3. The maximum Gasteiger partial charge on any atom is 0.223 e. The summed E-state index contributed by atoms with van der Waals surface area (Å²) < 4.78 is 0. The number of hydrogen-bond donors (Lipinski definition) is 1. The van der Waals surface area contributed by atoms with Crippen molar-refractivity contribution in [1.29, 1.82) is 0 Å². The molecule has 4 heteroatoms. The Kier molecular flexibility index (Phi) is 8.53. The molecule has 0 radical (unpaired) electrons. The second kappa shape index (κ2) is 10.1. The number of Topliss-reactive ketones (excluding diaryl/α,β-unsaturated/α-hetero) is 2. The van der Waals surface area contributed by atoms with E-state index in [9.17, 15) is 14.4 Å². The molecule has 0 aliphatic rings. The molecule has 0 heterocycles. The van der Waals surface area contributed by atoms with Gasteiger partial charge in [0.1, 0.15) is 11.6 Å². The predicted octanol–water partition coefficient (Wildman–Crippen LogP) is 3.44. The fourth-order valence-electron chi connectivity index (χ4n) is 3.19. The third-order valence-electron chi connectivity index (χ3n) is 4.75. The number of benzene rings is 1. The number of rotatable bonds is 10. The van der Waals surface area contributed by atoms with Crippen LogP contribution in [0, 0.1) is 23.7 Å². The Balaban J connectivity index is 2.90. The molecule has 0 bridgehead atoms. The molecule has 0 fully saturated rings. The van der Waals surface area contributed by atoms with Crippen molar-refractivity contribution in [2.75, 3.05) is 7.05 Å². The second-order valence-corrected chi connectivity index (χ2v) is 7.31. The van der Waals surface area contributed by atoms with Gasteiger partial charge in [-0.15, -0.1) is 0 Å². The van der Waals surface area contributed by atoms with Crippen molar-refractivity contribution in [3.05, 3.63) is 35.9 Å². The summed E-state index contributed by atoms with van der Waals surface area (Å²) in [6.07, 6.45) is 1.41. The standard InChI is InChI=1S/C21H31NO3/c1-14(2)11-19(15(3)21(25)22-5)20(24)13-18(16(4)23)12-17-9-7-6-8-10-17/h6-10,14-15,18-19H,11-13H2,1-5H3,(H,22,25)/t15-,18+,19+/m0/s1. The molecule has 0 aliphatic carbocycles. The molecule has 1 aromatic carbocycles. The Morgan fingerprint density at radius 2 is 1.64 bits per heavy atom. The van der Waals surface area contributed by atoms with Crippen LogP contribution in [0.15, 0.2) is 30.3 Å². The van der Waals surface area contributed by atoms with Gasteiger partial charge in [-0.2, -0.15) is 0 Å². The van der Waals surface area contributed by atoms with E-state index in [2.05, 4.69) is 5.32 Å². The van der Waals surface area contributed by atoms with Gasteiger partial charge < -0.3 is 5.32 Å². The quantitative estimate of drug-likeness (QED) is 0.706. The fraction of sp³-hybridized carbons (Fsp3) is 0.571. The first-order valence-electron chi connectivity index (χ1n) is 9.04. The molecule has 1 amide bonds. The van der Waals surface area contributed by atoms with E-state index in [4.69, 9.17) is 0 Å². The predicted molar refractivity (Wildman–Crippen MR) is 100 cm³/mol. The first-order chi connectivity index (χ1) is 11.8. The Bertz CT molecular complexity index is 580. The van der Waals surface area contributed by atoms with Crippen LogP contribution < -0.4 is 5.32 Å². The van der Waals surface area contributed by atoms with Crippen molar-refractivity contribution in [1.82, 2.24) is 5.32 Å². The van der Waals surface area contributed by atoms with Crippen LogP contribution in [-0.2, 0) is 20.8 Å². The van der Waals surface area contributed by atoms with E-state index in [1.165, 1.54) is 0 Å². The van der Waals surface area contributed by atoms with Crippen molar-refractivity contribution < 1.29 is 14.4 Å². The molecule has 3 atom stereocenters. The van der Waals surface area contributed by atoms with Gasteiger partial charge in [0, 0.05) is 31.2 Å². The fourth-order valence-corrected chi connectivity index (χ4v) is 3.19. The third kappa shape index (κ3) is 6.81. The maximum absolute atomic E-state index is 12.9. The summed E-state index contributed by atoms with van der Waals surface area (Å²) in [7, 11) is 1.59. The van der Waals surface area contributed by atoms with E-state index in [0.29, 0.717) is 18.8 Å². The van der Waals surface area contributed by atoms with Crippen LogP contribution in [0.25, 0.3) is 0 Å². The van der Waals surface area contributed by atoms with Gasteiger partial charge in [0.25, 0.3) is 0 Å². The van der Waals surface area contributed by atoms with Crippen LogP contribution in [0.5, 0.6) is 0 Å². The molecule has 1 N–H and O–H groups in total. The molecule has 0 aliphatic heterocycles. The number of ketones is 2. The number of carbonyl (C=O) groups is 3. The minimum Gasteiger partial charge on any atom is -0.359 e. The Hall–Kier alpha value is -1.97. The highest BCUT2D eigenvalue weighted by Gasteiger charge is 2.32. The molecule has 0 saturated heterocycles. The van der Waals surface area contributed by atoms with Gasteiger partial charge >= 0.3 is 0 Å². The van der Waals surface area contributed by atoms with Crippen LogP contribution in [0.4, 0.5) is 0 Å². The summed E-state index contributed by atoms with van der Waals surface area (Å²) in [4.78, 5) is 37.0. The summed E-state index contributed by atoms with van der Waals surface area (Å²) in [6, 6.07) is 9.74. The van der Waals surface area contributed by atoms with Crippen LogP contribution in [0.1, 0.15) is 46.1 Å². The normalized spacial score (nSPS) is 14.6. The monoisotopic (exact) mass is 345 g/mol. The van der Waals surface area contributed by atoms with Crippen molar-refractivity contribution in [2.45, 2.75) is 47.0 Å². The Morgan fingerprint density at radius 1 is 1.04 bits per heavy atom. The van der Waals surface area contributed by atoms with Crippen molar-refractivity contribution >= 4 is 17.5 Å². The summed E-state index contributed by atoms with van der Waals surface area (Å²) in [6.45, 7) is 7.43. The molecule has 1 rings (SSSR count). The minimum atomic E-state index is -0.385. The topological polar surface area (TPSA) is 63.2 Å². The molecule has 0 unspecified atom stereocenters. The van der Waals surface area contributed by atoms with E-state index in [1.54, 1.807) is 20.9 Å².